The van der Waals surface area contributed by atoms with Gasteiger partial charge in [-0.1, -0.05) is 13.8 Å². The molecule has 1 aromatic heterocycles. The Morgan fingerprint density at radius 2 is 1.88 bits per heavy atom. The third kappa shape index (κ3) is 4.14. The van der Waals surface area contributed by atoms with E-state index in [0.29, 0.717) is 10.2 Å². The number of aromatic nitrogens is 2. The Morgan fingerprint density at radius 1 is 1.29 bits per heavy atom. The van der Waals surface area contributed by atoms with Gasteiger partial charge in [-0.2, -0.15) is 13.2 Å². The third-order valence-electron chi connectivity index (χ3n) is 2.13. The van der Waals surface area contributed by atoms with Gasteiger partial charge in [-0.3, -0.25) is 0 Å². The fourth-order valence-corrected chi connectivity index (χ4v) is 1.92. The van der Waals surface area contributed by atoms with Crippen LogP contribution in [0, 0.1) is 0 Å². The lowest BCUT2D eigenvalue weighted by atomic mass is 10.1. The standard InChI is InChI=1S/C10H13BrF3N3/c1-5(2)8-7(11)9(15)17-6(16-8)3-4-10(12,13)14/h5H,3-4H2,1-2H3,(H2,15,16,17). The molecule has 0 spiro atoms. The van der Waals surface area contributed by atoms with E-state index < -0.39 is 12.6 Å². The van der Waals surface area contributed by atoms with Crippen LogP contribution in [-0.2, 0) is 6.42 Å². The number of hydrogen-bond acceptors (Lipinski definition) is 3. The predicted octanol–water partition coefficient (Wildman–Crippen LogP) is 3.44. The Balaban J connectivity index is 2.95. The number of hydrogen-bond donors (Lipinski definition) is 1. The molecule has 0 radical (unpaired) electrons. The number of alkyl halides is 3. The summed E-state index contributed by atoms with van der Waals surface area (Å²) in [6, 6.07) is 0. The largest absolute Gasteiger partial charge is 0.389 e. The van der Waals surface area contributed by atoms with E-state index in [2.05, 4.69) is 25.9 Å². The van der Waals surface area contributed by atoms with Crippen LogP contribution in [0.1, 0.15) is 37.7 Å². The van der Waals surface area contributed by atoms with Gasteiger partial charge in [0.2, 0.25) is 0 Å². The molecule has 3 nitrogen and oxygen atoms in total. The van der Waals surface area contributed by atoms with Crippen molar-refractivity contribution in [3.8, 4) is 0 Å². The van der Waals surface area contributed by atoms with Gasteiger partial charge in [-0.15, -0.1) is 0 Å². The van der Waals surface area contributed by atoms with Gasteiger partial charge in [-0.05, 0) is 21.8 Å². The molecule has 7 heteroatoms. The highest BCUT2D eigenvalue weighted by Crippen LogP contribution is 2.28. The number of nitrogen functional groups attached to an aromatic ring is 1. The van der Waals surface area contributed by atoms with E-state index in [9.17, 15) is 13.2 Å². The van der Waals surface area contributed by atoms with Crippen LogP contribution in [0.3, 0.4) is 0 Å². The van der Waals surface area contributed by atoms with Crippen molar-refractivity contribution in [2.24, 2.45) is 0 Å². The van der Waals surface area contributed by atoms with Crippen LogP contribution in [0.5, 0.6) is 0 Å². The maximum Gasteiger partial charge on any atom is 0.389 e. The zero-order valence-electron chi connectivity index (χ0n) is 9.48. The van der Waals surface area contributed by atoms with Crippen LogP contribution < -0.4 is 5.73 Å². The topological polar surface area (TPSA) is 51.8 Å². The van der Waals surface area contributed by atoms with Crippen molar-refractivity contribution in [1.82, 2.24) is 9.97 Å². The van der Waals surface area contributed by atoms with Crippen LogP contribution in [0.2, 0.25) is 0 Å². The summed E-state index contributed by atoms with van der Waals surface area (Å²) in [5, 5.41) is 0. The van der Waals surface area contributed by atoms with Crippen molar-refractivity contribution in [3.05, 3.63) is 16.0 Å². The first-order valence-corrected chi connectivity index (χ1v) is 5.88. The van der Waals surface area contributed by atoms with Crippen molar-refractivity contribution in [3.63, 3.8) is 0 Å². The Labute approximate surface area is 106 Å². The summed E-state index contributed by atoms with van der Waals surface area (Å²) in [4.78, 5) is 7.94. The minimum Gasteiger partial charge on any atom is -0.383 e. The van der Waals surface area contributed by atoms with E-state index in [-0.39, 0.29) is 24.0 Å². The van der Waals surface area contributed by atoms with Crippen molar-refractivity contribution in [2.75, 3.05) is 5.73 Å². The van der Waals surface area contributed by atoms with E-state index in [0.717, 1.165) is 0 Å². The second kappa shape index (κ2) is 5.20. The lowest BCUT2D eigenvalue weighted by molar-refractivity contribution is -0.134. The zero-order chi connectivity index (χ0) is 13.2. The second-order valence-electron chi connectivity index (χ2n) is 3.99. The molecule has 96 valence electrons. The number of rotatable bonds is 3. The molecule has 0 atom stereocenters. The second-order valence-corrected chi connectivity index (χ2v) is 4.79. The first-order chi connectivity index (χ1) is 7.70. The molecule has 0 aliphatic rings. The van der Waals surface area contributed by atoms with Gasteiger partial charge in [0, 0.05) is 6.42 Å². The van der Waals surface area contributed by atoms with Gasteiger partial charge >= 0.3 is 6.18 Å². The number of aryl methyl sites for hydroxylation is 1. The molecule has 0 fully saturated rings. The Morgan fingerprint density at radius 3 is 2.35 bits per heavy atom. The number of anilines is 1. The van der Waals surface area contributed by atoms with Gasteiger partial charge in [0.05, 0.1) is 16.6 Å². The molecule has 0 bridgehead atoms. The number of nitrogens with two attached hydrogens (primary N) is 1. The lowest BCUT2D eigenvalue weighted by Gasteiger charge is -2.12. The van der Waals surface area contributed by atoms with E-state index >= 15 is 0 Å². The minimum absolute atomic E-state index is 0.0688. The summed E-state index contributed by atoms with van der Waals surface area (Å²) >= 11 is 3.23. The van der Waals surface area contributed by atoms with Gasteiger partial charge in [0.25, 0.3) is 0 Å². The molecule has 0 unspecified atom stereocenters. The monoisotopic (exact) mass is 311 g/mol. The SMILES string of the molecule is CC(C)c1nc(CCC(F)(F)F)nc(N)c1Br. The first-order valence-electron chi connectivity index (χ1n) is 5.09. The summed E-state index contributed by atoms with van der Waals surface area (Å²) in [5.74, 6) is 0.381. The molecule has 0 saturated carbocycles. The van der Waals surface area contributed by atoms with Gasteiger partial charge in [-0.25, -0.2) is 9.97 Å². The van der Waals surface area contributed by atoms with E-state index in [1.54, 1.807) is 0 Å². The molecule has 1 aromatic rings. The molecule has 0 aliphatic heterocycles. The minimum atomic E-state index is -4.21. The van der Waals surface area contributed by atoms with Crippen molar-refractivity contribution in [1.29, 1.82) is 0 Å². The lowest BCUT2D eigenvalue weighted by Crippen LogP contribution is -2.12. The van der Waals surface area contributed by atoms with Crippen molar-refractivity contribution >= 4 is 21.7 Å². The maximum atomic E-state index is 12.1. The van der Waals surface area contributed by atoms with E-state index in [4.69, 9.17) is 5.73 Å². The third-order valence-corrected chi connectivity index (χ3v) is 2.94. The van der Waals surface area contributed by atoms with Gasteiger partial charge < -0.3 is 5.73 Å². The highest BCUT2D eigenvalue weighted by atomic mass is 79.9. The molecule has 0 aliphatic carbocycles. The molecule has 0 saturated heterocycles. The van der Waals surface area contributed by atoms with Crippen LogP contribution in [0.4, 0.5) is 19.0 Å². The summed E-state index contributed by atoms with van der Waals surface area (Å²) in [6.07, 6.45) is -5.39. The molecule has 1 heterocycles. The fraction of sp³-hybridized carbons (Fsp3) is 0.600. The molecule has 17 heavy (non-hydrogen) atoms. The highest BCUT2D eigenvalue weighted by molar-refractivity contribution is 9.10. The van der Waals surface area contributed by atoms with Gasteiger partial charge in [0.15, 0.2) is 0 Å². The summed E-state index contributed by atoms with van der Waals surface area (Å²) in [5.41, 5.74) is 6.25. The highest BCUT2D eigenvalue weighted by Gasteiger charge is 2.27. The van der Waals surface area contributed by atoms with Crippen LogP contribution >= 0.6 is 15.9 Å². The summed E-state index contributed by atoms with van der Waals surface area (Å²) in [6.45, 7) is 3.78. The molecular weight excluding hydrogens is 299 g/mol. The maximum absolute atomic E-state index is 12.1. The Kier molecular flexibility index (Phi) is 4.35. The first kappa shape index (κ1) is 14.2. The summed E-state index contributed by atoms with van der Waals surface area (Å²) in [7, 11) is 0. The molecule has 0 amide bonds. The van der Waals surface area contributed by atoms with Gasteiger partial charge in [0.1, 0.15) is 11.6 Å². The quantitative estimate of drug-likeness (QED) is 0.930. The molecule has 1 rings (SSSR count). The average molecular weight is 312 g/mol. The number of halogens is 4. The van der Waals surface area contributed by atoms with Crippen molar-refractivity contribution < 1.29 is 13.2 Å². The smallest absolute Gasteiger partial charge is 0.383 e. The Hall–Kier alpha value is -0.850. The normalized spacial score (nSPS) is 12.2. The fourth-order valence-electron chi connectivity index (χ4n) is 1.28. The molecule has 2 N–H and O–H groups in total. The molecule has 0 aromatic carbocycles. The molecular formula is C10H13BrF3N3. The van der Waals surface area contributed by atoms with E-state index in [1.165, 1.54) is 0 Å². The van der Waals surface area contributed by atoms with Crippen LogP contribution in [0.25, 0.3) is 0 Å². The van der Waals surface area contributed by atoms with Crippen molar-refractivity contribution in [2.45, 2.75) is 38.8 Å². The summed E-state index contributed by atoms with van der Waals surface area (Å²) < 4.78 is 36.8. The predicted molar refractivity (Wildman–Crippen MR) is 62.6 cm³/mol. The van der Waals surface area contributed by atoms with Crippen LogP contribution in [0.15, 0.2) is 4.47 Å². The zero-order valence-corrected chi connectivity index (χ0v) is 11.1. The average Bonchev–Trinajstić information content (AvgIpc) is 2.18. The number of nitrogens with zero attached hydrogens (tertiary/aromatic N) is 2. The Bertz CT molecular complexity index is 405. The van der Waals surface area contributed by atoms with Crippen LogP contribution in [-0.4, -0.2) is 16.1 Å². The van der Waals surface area contributed by atoms with E-state index in [1.807, 2.05) is 13.8 Å².